The van der Waals surface area contributed by atoms with Gasteiger partial charge in [-0.25, -0.2) is 4.79 Å². The fourth-order valence-electron chi connectivity index (χ4n) is 2.12. The van der Waals surface area contributed by atoms with Gasteiger partial charge in [-0.3, -0.25) is 0 Å². The summed E-state index contributed by atoms with van der Waals surface area (Å²) >= 11 is 0. The van der Waals surface area contributed by atoms with Crippen LogP contribution in [-0.4, -0.2) is 19.2 Å². The van der Waals surface area contributed by atoms with E-state index in [2.05, 4.69) is 26.8 Å². The lowest BCUT2D eigenvalue weighted by Crippen LogP contribution is -2.23. The smallest absolute Gasteiger partial charge is 0.339 e. The van der Waals surface area contributed by atoms with Gasteiger partial charge in [0.2, 0.25) is 0 Å². The number of rotatable bonds is 8. The van der Waals surface area contributed by atoms with E-state index >= 15 is 0 Å². The van der Waals surface area contributed by atoms with Crippen LogP contribution in [0.25, 0.3) is 0 Å². The number of hydrogen-bond acceptors (Lipinski definition) is 3. The molecule has 0 spiro atoms. The summed E-state index contributed by atoms with van der Waals surface area (Å²) in [6.45, 7) is 6.25. The van der Waals surface area contributed by atoms with Gasteiger partial charge in [-0.05, 0) is 38.7 Å². The Morgan fingerprint density at radius 3 is 2.43 bits per heavy atom. The van der Waals surface area contributed by atoms with Crippen molar-refractivity contribution in [1.82, 2.24) is 0 Å². The molecule has 1 aromatic carbocycles. The molecule has 1 aromatic rings. The van der Waals surface area contributed by atoms with Gasteiger partial charge in [0.1, 0.15) is 0 Å². The Morgan fingerprint density at radius 1 is 1.24 bits per heavy atom. The van der Waals surface area contributed by atoms with Crippen molar-refractivity contribution in [1.29, 1.82) is 0 Å². The van der Waals surface area contributed by atoms with Crippen LogP contribution in [0, 0.1) is 0 Å². The summed E-state index contributed by atoms with van der Waals surface area (Å²) in [5.74, 6) is -0.345. The lowest BCUT2D eigenvalue weighted by molar-refractivity contribution is -0.159. The Balaban J connectivity index is 2.75. The molecule has 116 valence electrons. The van der Waals surface area contributed by atoms with E-state index in [-0.39, 0.29) is 12.1 Å². The standard InChI is InChI=1S/C18H26O3/c1-5-16(13-9-10-14(2)3)21-17(18(19)20-4)15-11-7-6-8-12-15/h6-8,10-12,16-17H,5,9,13H2,1-4H3/t16-,17+/m0/s1. The summed E-state index contributed by atoms with van der Waals surface area (Å²) < 4.78 is 10.9. The SMILES string of the molecule is CC[C@@H](CCC=C(C)C)O[C@@H](C(=O)OC)c1ccccc1. The van der Waals surface area contributed by atoms with Crippen LogP contribution in [0.4, 0.5) is 0 Å². The summed E-state index contributed by atoms with van der Waals surface area (Å²) in [6, 6.07) is 9.51. The molecule has 0 radical (unpaired) electrons. The van der Waals surface area contributed by atoms with Crippen LogP contribution in [0.15, 0.2) is 42.0 Å². The van der Waals surface area contributed by atoms with Crippen LogP contribution >= 0.6 is 0 Å². The van der Waals surface area contributed by atoms with Gasteiger partial charge in [0.25, 0.3) is 0 Å². The number of hydrogen-bond donors (Lipinski definition) is 0. The molecule has 0 fully saturated rings. The summed E-state index contributed by atoms with van der Waals surface area (Å²) in [5, 5.41) is 0. The summed E-state index contributed by atoms with van der Waals surface area (Å²) in [4.78, 5) is 12.0. The molecule has 3 heteroatoms. The van der Waals surface area contributed by atoms with Crippen molar-refractivity contribution in [3.63, 3.8) is 0 Å². The second kappa shape index (κ2) is 9.35. The van der Waals surface area contributed by atoms with E-state index in [9.17, 15) is 4.79 Å². The van der Waals surface area contributed by atoms with E-state index in [1.165, 1.54) is 12.7 Å². The monoisotopic (exact) mass is 290 g/mol. The fraction of sp³-hybridized carbons (Fsp3) is 0.500. The normalized spacial score (nSPS) is 13.3. The summed E-state index contributed by atoms with van der Waals surface area (Å²) in [7, 11) is 1.39. The highest BCUT2D eigenvalue weighted by Gasteiger charge is 2.25. The minimum absolute atomic E-state index is 0.0462. The molecule has 0 heterocycles. The molecule has 0 saturated carbocycles. The molecule has 1 rings (SSSR count). The van der Waals surface area contributed by atoms with E-state index in [1.54, 1.807) is 0 Å². The Labute approximate surface area is 128 Å². The zero-order valence-corrected chi connectivity index (χ0v) is 13.5. The largest absolute Gasteiger partial charge is 0.467 e. The van der Waals surface area contributed by atoms with Gasteiger partial charge in [-0.2, -0.15) is 0 Å². The minimum Gasteiger partial charge on any atom is -0.467 e. The second-order valence-corrected chi connectivity index (χ2v) is 5.34. The lowest BCUT2D eigenvalue weighted by atomic mass is 10.1. The van der Waals surface area contributed by atoms with Crippen LogP contribution in [0.1, 0.15) is 51.7 Å². The number of methoxy groups -OCH3 is 1. The van der Waals surface area contributed by atoms with Crippen molar-refractivity contribution in [3.8, 4) is 0 Å². The molecule has 0 aliphatic carbocycles. The van der Waals surface area contributed by atoms with Crippen molar-refractivity contribution in [2.45, 2.75) is 52.2 Å². The van der Waals surface area contributed by atoms with Crippen molar-refractivity contribution in [3.05, 3.63) is 47.5 Å². The quantitative estimate of drug-likeness (QED) is 0.524. The van der Waals surface area contributed by atoms with Gasteiger partial charge in [-0.1, -0.05) is 48.9 Å². The number of carbonyl (C=O) groups is 1. The number of esters is 1. The van der Waals surface area contributed by atoms with E-state index < -0.39 is 6.10 Å². The molecule has 0 unspecified atom stereocenters. The first-order valence-corrected chi connectivity index (χ1v) is 7.50. The van der Waals surface area contributed by atoms with Crippen LogP contribution < -0.4 is 0 Å². The highest BCUT2D eigenvalue weighted by atomic mass is 16.6. The van der Waals surface area contributed by atoms with Gasteiger partial charge in [0.05, 0.1) is 13.2 Å². The third-order valence-electron chi connectivity index (χ3n) is 3.34. The first kappa shape index (κ1) is 17.4. The van der Waals surface area contributed by atoms with Gasteiger partial charge in [-0.15, -0.1) is 0 Å². The zero-order chi connectivity index (χ0) is 15.7. The van der Waals surface area contributed by atoms with Crippen molar-refractivity contribution in [2.24, 2.45) is 0 Å². The predicted octanol–water partition coefficient (Wildman–Crippen LogP) is 4.44. The molecule has 2 atom stereocenters. The molecule has 0 bridgehead atoms. The topological polar surface area (TPSA) is 35.5 Å². The van der Waals surface area contributed by atoms with Crippen molar-refractivity contribution in [2.75, 3.05) is 7.11 Å². The third-order valence-corrected chi connectivity index (χ3v) is 3.34. The van der Waals surface area contributed by atoms with E-state index in [0.717, 1.165) is 24.8 Å². The minimum atomic E-state index is -0.646. The Hall–Kier alpha value is -1.61. The molecule has 21 heavy (non-hydrogen) atoms. The lowest BCUT2D eigenvalue weighted by Gasteiger charge is -2.22. The van der Waals surface area contributed by atoms with Crippen molar-refractivity contribution < 1.29 is 14.3 Å². The number of benzene rings is 1. The molecular weight excluding hydrogens is 264 g/mol. The molecule has 0 amide bonds. The van der Waals surface area contributed by atoms with Crippen LogP contribution in [0.2, 0.25) is 0 Å². The molecule has 0 aliphatic rings. The number of allylic oxidation sites excluding steroid dienone is 2. The zero-order valence-electron chi connectivity index (χ0n) is 13.5. The highest BCUT2D eigenvalue weighted by molar-refractivity contribution is 5.76. The van der Waals surface area contributed by atoms with E-state index in [1.807, 2.05) is 30.3 Å². The average Bonchev–Trinajstić information content (AvgIpc) is 2.50. The molecule has 0 saturated heterocycles. The summed E-state index contributed by atoms with van der Waals surface area (Å²) in [6.07, 6.45) is 4.34. The maximum absolute atomic E-state index is 12.0. The summed E-state index contributed by atoms with van der Waals surface area (Å²) in [5.41, 5.74) is 2.14. The predicted molar refractivity (Wildman–Crippen MR) is 85.0 cm³/mol. The van der Waals surface area contributed by atoms with Crippen LogP contribution in [-0.2, 0) is 14.3 Å². The van der Waals surface area contributed by atoms with Crippen molar-refractivity contribution >= 4 is 5.97 Å². The number of ether oxygens (including phenoxy) is 2. The molecule has 0 N–H and O–H groups in total. The molecule has 0 aliphatic heterocycles. The Morgan fingerprint density at radius 2 is 1.90 bits per heavy atom. The Kier molecular flexibility index (Phi) is 7.76. The van der Waals surface area contributed by atoms with Gasteiger partial charge in [0.15, 0.2) is 6.10 Å². The Bertz CT molecular complexity index is 447. The maximum Gasteiger partial charge on any atom is 0.339 e. The van der Waals surface area contributed by atoms with Gasteiger partial charge in [0, 0.05) is 0 Å². The second-order valence-electron chi connectivity index (χ2n) is 5.34. The van der Waals surface area contributed by atoms with Gasteiger partial charge < -0.3 is 9.47 Å². The number of carbonyl (C=O) groups excluding carboxylic acids is 1. The first-order chi connectivity index (χ1) is 10.1. The highest BCUT2D eigenvalue weighted by Crippen LogP contribution is 2.23. The first-order valence-electron chi connectivity index (χ1n) is 7.50. The van der Waals surface area contributed by atoms with Gasteiger partial charge >= 0.3 is 5.97 Å². The average molecular weight is 290 g/mol. The maximum atomic E-state index is 12.0. The van der Waals surface area contributed by atoms with Crippen LogP contribution in [0.5, 0.6) is 0 Å². The molecule has 0 aromatic heterocycles. The fourth-order valence-corrected chi connectivity index (χ4v) is 2.12. The van der Waals surface area contributed by atoms with Crippen LogP contribution in [0.3, 0.4) is 0 Å². The van der Waals surface area contributed by atoms with E-state index in [0.29, 0.717) is 0 Å². The molecule has 3 nitrogen and oxygen atoms in total. The molecular formula is C18H26O3. The van der Waals surface area contributed by atoms with E-state index in [4.69, 9.17) is 9.47 Å². The third kappa shape index (κ3) is 6.13.